The van der Waals surface area contributed by atoms with Crippen LogP contribution in [0, 0.1) is 6.92 Å². The number of aliphatic hydroxyl groups is 1. The second-order valence-corrected chi connectivity index (χ2v) is 11.6. The number of nitrogens with one attached hydrogen (secondary N) is 2. The van der Waals surface area contributed by atoms with Gasteiger partial charge >= 0.3 is 6.09 Å². The number of fused-ring (bicyclic) bond motifs is 1. The molecule has 2 unspecified atom stereocenters. The third-order valence-electron chi connectivity index (χ3n) is 6.05. The van der Waals surface area contributed by atoms with Crippen molar-refractivity contribution >= 4 is 34.4 Å². The van der Waals surface area contributed by atoms with Gasteiger partial charge in [0.25, 0.3) is 5.91 Å². The third-order valence-corrected chi connectivity index (χ3v) is 6.05. The molecule has 39 heavy (non-hydrogen) atoms. The van der Waals surface area contributed by atoms with Crippen LogP contribution in [-0.2, 0) is 14.3 Å². The summed E-state index contributed by atoms with van der Waals surface area (Å²) in [4.78, 5) is 41.8. The van der Waals surface area contributed by atoms with Gasteiger partial charge < -0.3 is 25.4 Å². The van der Waals surface area contributed by atoms with Crippen molar-refractivity contribution in [2.45, 2.75) is 71.7 Å². The fraction of sp³-hybridized carbons (Fsp3) is 0.387. The van der Waals surface area contributed by atoms with Crippen molar-refractivity contribution in [1.29, 1.82) is 0 Å². The minimum atomic E-state index is -1.32. The van der Waals surface area contributed by atoms with Crippen LogP contribution in [0.5, 0.6) is 0 Å². The molecule has 3 aromatic rings. The van der Waals surface area contributed by atoms with Gasteiger partial charge in [0.2, 0.25) is 5.91 Å². The summed E-state index contributed by atoms with van der Waals surface area (Å²) in [7, 11) is 0. The lowest BCUT2D eigenvalue weighted by Gasteiger charge is -2.42. The van der Waals surface area contributed by atoms with E-state index in [1.54, 1.807) is 53.7 Å². The molecule has 0 aromatic heterocycles. The van der Waals surface area contributed by atoms with E-state index in [0.717, 1.165) is 16.3 Å². The van der Waals surface area contributed by atoms with E-state index in [9.17, 15) is 19.5 Å². The Morgan fingerprint density at radius 1 is 0.897 bits per heavy atom. The standard InChI is InChI=1S/C31H39N3O5/c1-20-12-14-22(15-13-20)26(27(36)32-24-17-16-21-10-8-9-11-23(21)18-24)34(30(2,3)4)28(37)25(19-35)33-29(38)39-31(5,6)7/h8-18,25-26,35H,19H2,1-7H3,(H,32,36)(H,33,38). The number of hydrogen-bond donors (Lipinski definition) is 3. The summed E-state index contributed by atoms with van der Waals surface area (Å²) in [5.74, 6) is -1.04. The van der Waals surface area contributed by atoms with E-state index in [1.165, 1.54) is 4.90 Å². The molecule has 8 heteroatoms. The van der Waals surface area contributed by atoms with Gasteiger partial charge in [0.15, 0.2) is 0 Å². The summed E-state index contributed by atoms with van der Waals surface area (Å²) in [5.41, 5.74) is 0.525. The number of aryl methyl sites for hydroxylation is 1. The van der Waals surface area contributed by atoms with Crippen LogP contribution >= 0.6 is 0 Å². The molecule has 0 bridgehead atoms. The van der Waals surface area contributed by atoms with E-state index >= 15 is 0 Å². The number of benzene rings is 3. The fourth-order valence-electron chi connectivity index (χ4n) is 4.29. The van der Waals surface area contributed by atoms with Gasteiger partial charge in [-0.15, -0.1) is 0 Å². The van der Waals surface area contributed by atoms with Gasteiger partial charge in [-0.1, -0.05) is 60.2 Å². The number of anilines is 1. The maximum atomic E-state index is 14.0. The zero-order valence-corrected chi connectivity index (χ0v) is 23.7. The van der Waals surface area contributed by atoms with Gasteiger partial charge in [0.1, 0.15) is 17.7 Å². The van der Waals surface area contributed by atoms with Crippen molar-refractivity contribution < 1.29 is 24.2 Å². The quantitative estimate of drug-likeness (QED) is 0.380. The average molecular weight is 534 g/mol. The van der Waals surface area contributed by atoms with Crippen molar-refractivity contribution in [2.24, 2.45) is 0 Å². The summed E-state index contributed by atoms with van der Waals surface area (Å²) in [6.07, 6.45) is -0.837. The topological polar surface area (TPSA) is 108 Å². The van der Waals surface area contributed by atoms with Crippen LogP contribution in [0.2, 0.25) is 0 Å². The highest BCUT2D eigenvalue weighted by atomic mass is 16.6. The highest BCUT2D eigenvalue weighted by Crippen LogP contribution is 2.31. The third kappa shape index (κ3) is 7.80. The van der Waals surface area contributed by atoms with Gasteiger partial charge in [-0.25, -0.2) is 4.79 Å². The Labute approximate surface area is 230 Å². The molecule has 8 nitrogen and oxygen atoms in total. The summed E-state index contributed by atoms with van der Waals surface area (Å²) in [6.45, 7) is 11.8. The Bertz CT molecular complexity index is 1320. The number of nitrogens with zero attached hydrogens (tertiary/aromatic N) is 1. The molecular formula is C31H39N3O5. The van der Waals surface area contributed by atoms with Crippen LogP contribution < -0.4 is 10.6 Å². The Balaban J connectivity index is 2.02. The van der Waals surface area contributed by atoms with Crippen LogP contribution in [0.25, 0.3) is 10.8 Å². The molecule has 3 amide bonds. The molecule has 3 aromatic carbocycles. The van der Waals surface area contributed by atoms with Crippen LogP contribution in [0.1, 0.15) is 58.7 Å². The molecule has 0 aliphatic carbocycles. The smallest absolute Gasteiger partial charge is 0.408 e. The monoisotopic (exact) mass is 533 g/mol. The second-order valence-electron chi connectivity index (χ2n) is 11.6. The molecule has 3 rings (SSSR count). The van der Waals surface area contributed by atoms with Gasteiger partial charge in [-0.3, -0.25) is 9.59 Å². The normalized spacial score (nSPS) is 13.3. The number of carbonyl (C=O) groups is 3. The van der Waals surface area contributed by atoms with Crippen molar-refractivity contribution in [1.82, 2.24) is 10.2 Å². The number of amides is 3. The first-order chi connectivity index (χ1) is 18.2. The number of carbonyl (C=O) groups excluding carboxylic acids is 3. The lowest BCUT2D eigenvalue weighted by Crippen LogP contribution is -2.59. The molecule has 0 saturated carbocycles. The first-order valence-corrected chi connectivity index (χ1v) is 13.0. The fourth-order valence-corrected chi connectivity index (χ4v) is 4.29. The predicted octanol–water partition coefficient (Wildman–Crippen LogP) is 5.34. The highest BCUT2D eigenvalue weighted by molar-refractivity contribution is 6.00. The molecule has 0 saturated heterocycles. The molecule has 2 atom stereocenters. The van der Waals surface area contributed by atoms with E-state index in [-0.39, 0.29) is 0 Å². The summed E-state index contributed by atoms with van der Waals surface area (Å²) < 4.78 is 5.29. The van der Waals surface area contributed by atoms with E-state index in [4.69, 9.17) is 4.74 Å². The number of hydrogen-bond acceptors (Lipinski definition) is 5. The molecule has 0 aliphatic heterocycles. The summed E-state index contributed by atoms with van der Waals surface area (Å²) >= 11 is 0. The van der Waals surface area contributed by atoms with E-state index in [1.807, 2.05) is 61.5 Å². The Morgan fingerprint density at radius 3 is 2.08 bits per heavy atom. The first-order valence-electron chi connectivity index (χ1n) is 13.0. The molecule has 3 N–H and O–H groups in total. The van der Waals surface area contributed by atoms with Crippen molar-refractivity contribution in [3.63, 3.8) is 0 Å². The zero-order valence-electron chi connectivity index (χ0n) is 23.7. The van der Waals surface area contributed by atoms with Crippen molar-refractivity contribution in [3.8, 4) is 0 Å². The molecule has 0 fully saturated rings. The van der Waals surface area contributed by atoms with Crippen molar-refractivity contribution in [3.05, 3.63) is 77.9 Å². The molecule has 0 heterocycles. The van der Waals surface area contributed by atoms with E-state index in [2.05, 4.69) is 10.6 Å². The van der Waals surface area contributed by atoms with Gasteiger partial charge in [-0.2, -0.15) is 0 Å². The van der Waals surface area contributed by atoms with Gasteiger partial charge in [0.05, 0.1) is 6.61 Å². The minimum Gasteiger partial charge on any atom is -0.444 e. The average Bonchev–Trinajstić information content (AvgIpc) is 2.84. The van der Waals surface area contributed by atoms with Crippen LogP contribution in [0.4, 0.5) is 10.5 Å². The molecular weight excluding hydrogens is 494 g/mol. The van der Waals surface area contributed by atoms with Crippen LogP contribution in [0.15, 0.2) is 66.7 Å². The maximum Gasteiger partial charge on any atom is 0.408 e. The van der Waals surface area contributed by atoms with Gasteiger partial charge in [0, 0.05) is 11.2 Å². The number of alkyl carbamates (subject to hydrolysis) is 1. The Kier molecular flexibility index (Phi) is 9.02. The lowest BCUT2D eigenvalue weighted by molar-refractivity contribution is -0.147. The predicted molar refractivity (Wildman–Crippen MR) is 153 cm³/mol. The minimum absolute atomic E-state index is 0.425. The largest absolute Gasteiger partial charge is 0.444 e. The summed E-state index contributed by atoms with van der Waals surface area (Å²) in [6, 6.07) is 18.4. The van der Waals surface area contributed by atoms with Crippen molar-refractivity contribution in [2.75, 3.05) is 11.9 Å². The second kappa shape index (κ2) is 11.9. The molecule has 208 valence electrons. The van der Waals surface area contributed by atoms with Crippen LogP contribution in [0.3, 0.4) is 0 Å². The Morgan fingerprint density at radius 2 is 1.51 bits per heavy atom. The SMILES string of the molecule is Cc1ccc(C(C(=O)Nc2ccc3ccccc3c2)N(C(=O)C(CO)NC(=O)OC(C)(C)C)C(C)(C)C)cc1. The molecule has 0 radical (unpaired) electrons. The van der Waals surface area contributed by atoms with E-state index in [0.29, 0.717) is 11.3 Å². The molecule has 0 spiro atoms. The molecule has 0 aliphatic rings. The maximum absolute atomic E-state index is 14.0. The van der Waals surface area contributed by atoms with Crippen LogP contribution in [-0.4, -0.2) is 51.7 Å². The van der Waals surface area contributed by atoms with Gasteiger partial charge in [-0.05, 0) is 76.9 Å². The lowest BCUT2D eigenvalue weighted by atomic mass is 9.95. The number of aliphatic hydroxyl groups excluding tert-OH is 1. The number of ether oxygens (including phenoxy) is 1. The first kappa shape index (κ1) is 29.6. The zero-order chi connectivity index (χ0) is 29.0. The highest BCUT2D eigenvalue weighted by Gasteiger charge is 2.41. The number of rotatable bonds is 7. The van der Waals surface area contributed by atoms with E-state index < -0.39 is 47.7 Å². The Hall–Kier alpha value is -3.91. The summed E-state index contributed by atoms with van der Waals surface area (Å²) in [5, 5.41) is 17.5.